The zero-order valence-corrected chi connectivity index (χ0v) is 13.7. The van der Waals surface area contributed by atoms with E-state index in [1.807, 2.05) is 0 Å². The summed E-state index contributed by atoms with van der Waals surface area (Å²) in [5, 5.41) is 0. The average molecular weight is 393 g/mol. The monoisotopic (exact) mass is 390 g/mol. The lowest BCUT2D eigenvalue weighted by Crippen LogP contribution is -2.02. The van der Waals surface area contributed by atoms with Gasteiger partial charge in [0.1, 0.15) is 0 Å². The van der Waals surface area contributed by atoms with Crippen LogP contribution in [0.25, 0.3) is 0 Å². The van der Waals surface area contributed by atoms with Crippen molar-refractivity contribution in [3.8, 4) is 0 Å². The van der Waals surface area contributed by atoms with E-state index < -0.39 is 0 Å². The fraction of sp³-hybridized carbons (Fsp3) is 1.00. The molecule has 0 aromatic heterocycles. The molecule has 1 atom stereocenters. The highest BCUT2D eigenvalue weighted by Crippen LogP contribution is 2.23. The normalized spacial score (nSPS) is 13.5. The second-order valence-electron chi connectivity index (χ2n) is 3.78. The number of rotatable bonds is 9. The van der Waals surface area contributed by atoms with Crippen molar-refractivity contribution in [2.45, 2.75) is 66.9 Å². The average Bonchev–Trinajstić information content (AvgIpc) is 2.10. The Bertz CT molecular complexity index is 115. The Balaban J connectivity index is 3.10. The fourth-order valence-corrected chi connectivity index (χ4v) is 4.06. The quantitative estimate of drug-likeness (QED) is 0.333. The van der Waals surface area contributed by atoms with Crippen molar-refractivity contribution in [3.05, 3.63) is 0 Å². The van der Waals surface area contributed by atoms with Gasteiger partial charge in [-0.2, -0.15) is 0 Å². The molecule has 0 N–H and O–H groups in total. The molecule has 0 radical (unpaired) electrons. The molecule has 0 amide bonds. The van der Waals surface area contributed by atoms with Crippen LogP contribution in [0.2, 0.25) is 0 Å². The summed E-state index contributed by atoms with van der Waals surface area (Å²) in [6.45, 7) is 2.26. The number of alkyl halides is 3. The molecule has 3 heteroatoms. The Morgan fingerprint density at radius 1 is 0.857 bits per heavy atom. The lowest BCUT2D eigenvalue weighted by atomic mass is 10.1. The first-order valence-corrected chi connectivity index (χ1v) is 8.33. The van der Waals surface area contributed by atoms with Crippen molar-refractivity contribution in [2.24, 2.45) is 0 Å². The molecular weight excluding hydrogens is 372 g/mol. The molecule has 1 unspecified atom stereocenters. The minimum Gasteiger partial charge on any atom is -0.0890 e. The van der Waals surface area contributed by atoms with Gasteiger partial charge >= 0.3 is 0 Å². The van der Waals surface area contributed by atoms with E-state index in [1.54, 1.807) is 0 Å². The molecule has 86 valence electrons. The predicted octanol–water partition coefficient (Wildman–Crippen LogP) is 6.01. The smallest absolute Gasteiger partial charge is 0.0708 e. The molecule has 0 rings (SSSR count). The zero-order valence-electron chi connectivity index (χ0n) is 8.95. The highest BCUT2D eigenvalue weighted by atomic mass is 79.9. The van der Waals surface area contributed by atoms with E-state index in [0.29, 0.717) is 8.56 Å². The van der Waals surface area contributed by atoms with Crippen LogP contribution in [0.1, 0.15) is 58.3 Å². The van der Waals surface area contributed by atoms with E-state index in [2.05, 4.69) is 54.7 Å². The number of unbranched alkanes of at least 4 members (excludes halogenated alkanes) is 5. The minimum atomic E-state index is 0.458. The summed E-state index contributed by atoms with van der Waals surface area (Å²) in [5.41, 5.74) is 0. The molecule has 0 fully saturated rings. The molecule has 0 bridgehead atoms. The third kappa shape index (κ3) is 11.5. The van der Waals surface area contributed by atoms with Crippen molar-refractivity contribution < 1.29 is 0 Å². The second-order valence-corrected chi connectivity index (χ2v) is 8.51. The third-order valence-electron chi connectivity index (χ3n) is 2.30. The Morgan fingerprint density at radius 2 is 1.43 bits per heavy atom. The molecular formula is C11H21Br3. The lowest BCUT2D eigenvalue weighted by molar-refractivity contribution is 0.580. The summed E-state index contributed by atoms with van der Waals surface area (Å²) < 4.78 is 0.458. The minimum absolute atomic E-state index is 0.458. The number of halogens is 3. The molecule has 0 saturated heterocycles. The summed E-state index contributed by atoms with van der Waals surface area (Å²) in [6.07, 6.45) is 10.8. The van der Waals surface area contributed by atoms with E-state index in [0.717, 1.165) is 6.42 Å². The first-order valence-electron chi connectivity index (χ1n) is 5.59. The molecule has 0 aromatic carbocycles. The van der Waals surface area contributed by atoms with Crippen LogP contribution in [0.5, 0.6) is 0 Å². The van der Waals surface area contributed by atoms with Crippen molar-refractivity contribution >= 4 is 47.8 Å². The topological polar surface area (TPSA) is 0 Å². The van der Waals surface area contributed by atoms with Crippen molar-refractivity contribution in [2.75, 3.05) is 0 Å². The first-order chi connectivity index (χ1) is 6.66. The summed E-state index contributed by atoms with van der Waals surface area (Å²) in [4.78, 5) is 0.664. The highest BCUT2D eigenvalue weighted by molar-refractivity contribution is 9.24. The SMILES string of the molecule is CCCCCCCCC(Br)CC(Br)Br. The van der Waals surface area contributed by atoms with E-state index in [1.165, 1.54) is 44.9 Å². The van der Waals surface area contributed by atoms with Gasteiger partial charge in [0.05, 0.1) is 3.74 Å². The Labute approximate surface area is 114 Å². The van der Waals surface area contributed by atoms with Gasteiger partial charge < -0.3 is 0 Å². The molecule has 0 aliphatic carbocycles. The number of hydrogen-bond acceptors (Lipinski definition) is 0. The van der Waals surface area contributed by atoms with Crippen LogP contribution in [0, 0.1) is 0 Å². The second kappa shape index (κ2) is 10.9. The lowest BCUT2D eigenvalue weighted by Gasteiger charge is -2.09. The summed E-state index contributed by atoms with van der Waals surface area (Å²) in [7, 11) is 0. The van der Waals surface area contributed by atoms with Crippen molar-refractivity contribution in [1.82, 2.24) is 0 Å². The summed E-state index contributed by atoms with van der Waals surface area (Å²) in [5.74, 6) is 0. The van der Waals surface area contributed by atoms with E-state index in [-0.39, 0.29) is 0 Å². The van der Waals surface area contributed by atoms with Gasteiger partial charge in [-0.3, -0.25) is 0 Å². The van der Waals surface area contributed by atoms with Gasteiger partial charge in [0.15, 0.2) is 0 Å². The maximum absolute atomic E-state index is 3.70. The number of hydrogen-bond donors (Lipinski definition) is 0. The molecule has 0 aliphatic rings. The van der Waals surface area contributed by atoms with Crippen LogP contribution in [0.4, 0.5) is 0 Å². The van der Waals surface area contributed by atoms with Gasteiger partial charge in [-0.05, 0) is 12.8 Å². The Hall–Kier alpha value is 1.44. The predicted molar refractivity (Wildman–Crippen MR) is 77.0 cm³/mol. The molecule has 0 spiro atoms. The van der Waals surface area contributed by atoms with Gasteiger partial charge in [0.2, 0.25) is 0 Å². The molecule has 0 saturated carbocycles. The van der Waals surface area contributed by atoms with Crippen LogP contribution in [0.15, 0.2) is 0 Å². The third-order valence-corrected chi connectivity index (χ3v) is 3.88. The molecule has 0 heterocycles. The fourth-order valence-electron chi connectivity index (χ4n) is 1.46. The largest absolute Gasteiger partial charge is 0.0890 e. The molecule has 14 heavy (non-hydrogen) atoms. The van der Waals surface area contributed by atoms with Gasteiger partial charge in [-0.25, -0.2) is 0 Å². The summed E-state index contributed by atoms with van der Waals surface area (Å²) in [6, 6.07) is 0. The standard InChI is InChI=1S/C11H21Br3/c1-2-3-4-5-6-7-8-10(12)9-11(13)14/h10-11H,2-9H2,1H3. The van der Waals surface area contributed by atoms with Crippen LogP contribution in [-0.4, -0.2) is 8.56 Å². The van der Waals surface area contributed by atoms with E-state index >= 15 is 0 Å². The van der Waals surface area contributed by atoms with Crippen LogP contribution >= 0.6 is 47.8 Å². The van der Waals surface area contributed by atoms with Crippen LogP contribution in [0.3, 0.4) is 0 Å². The van der Waals surface area contributed by atoms with E-state index in [4.69, 9.17) is 0 Å². The van der Waals surface area contributed by atoms with Gasteiger partial charge in [-0.15, -0.1) is 0 Å². The summed E-state index contributed by atoms with van der Waals surface area (Å²) >= 11 is 10.7. The molecule has 0 nitrogen and oxygen atoms in total. The van der Waals surface area contributed by atoms with E-state index in [9.17, 15) is 0 Å². The zero-order chi connectivity index (χ0) is 10.8. The maximum Gasteiger partial charge on any atom is 0.0708 e. The van der Waals surface area contributed by atoms with Crippen LogP contribution in [-0.2, 0) is 0 Å². The van der Waals surface area contributed by atoms with Gasteiger partial charge in [0, 0.05) is 4.83 Å². The molecule has 0 aromatic rings. The Kier molecular flexibility index (Phi) is 12.1. The molecule has 0 aliphatic heterocycles. The maximum atomic E-state index is 3.70. The highest BCUT2D eigenvalue weighted by Gasteiger charge is 2.07. The van der Waals surface area contributed by atoms with Crippen molar-refractivity contribution in [3.63, 3.8) is 0 Å². The van der Waals surface area contributed by atoms with Gasteiger partial charge in [0.25, 0.3) is 0 Å². The Morgan fingerprint density at radius 3 is 2.00 bits per heavy atom. The van der Waals surface area contributed by atoms with Gasteiger partial charge in [-0.1, -0.05) is 93.2 Å². The first kappa shape index (κ1) is 15.4. The van der Waals surface area contributed by atoms with Crippen LogP contribution < -0.4 is 0 Å². The van der Waals surface area contributed by atoms with Crippen molar-refractivity contribution in [1.29, 1.82) is 0 Å².